The number of aldehydes is 1. The van der Waals surface area contributed by atoms with E-state index in [9.17, 15) is 4.79 Å². The van der Waals surface area contributed by atoms with Crippen LogP contribution in [-0.2, 0) is 6.54 Å². The van der Waals surface area contributed by atoms with Gasteiger partial charge in [-0.15, -0.1) is 0 Å². The minimum Gasteiger partial charge on any atom is -0.332 e. The molecule has 3 aromatic rings. The first-order valence-corrected chi connectivity index (χ1v) is 6.47. The van der Waals surface area contributed by atoms with E-state index in [0.717, 1.165) is 35.1 Å². The van der Waals surface area contributed by atoms with E-state index in [4.69, 9.17) is 0 Å². The van der Waals surface area contributed by atoms with Crippen molar-refractivity contribution in [2.45, 2.75) is 20.4 Å². The molecule has 0 aliphatic heterocycles. The predicted octanol–water partition coefficient (Wildman–Crippen LogP) is 2.63. The third-order valence-electron chi connectivity index (χ3n) is 3.31. The fourth-order valence-electron chi connectivity index (χ4n) is 2.35. The highest BCUT2D eigenvalue weighted by Gasteiger charge is 2.14. The SMILES string of the molecule is CCn1cc(C=O)c2c(C)nc(-c3cccnc3)nc21. The van der Waals surface area contributed by atoms with Crippen LogP contribution in [0.5, 0.6) is 0 Å². The van der Waals surface area contributed by atoms with Crippen molar-refractivity contribution in [1.29, 1.82) is 0 Å². The molecule has 0 unspecified atom stereocenters. The Bertz CT molecular complexity index is 777. The molecule has 0 spiro atoms. The summed E-state index contributed by atoms with van der Waals surface area (Å²) in [7, 11) is 0. The first-order valence-electron chi connectivity index (χ1n) is 6.47. The second kappa shape index (κ2) is 4.85. The van der Waals surface area contributed by atoms with Crippen LogP contribution in [0.1, 0.15) is 23.0 Å². The average molecular weight is 266 g/mol. The number of aromatic nitrogens is 4. The molecular weight excluding hydrogens is 252 g/mol. The molecule has 3 aromatic heterocycles. The van der Waals surface area contributed by atoms with Gasteiger partial charge in [-0.3, -0.25) is 9.78 Å². The number of fused-ring (bicyclic) bond motifs is 1. The van der Waals surface area contributed by atoms with Crippen LogP contribution in [0.4, 0.5) is 0 Å². The average Bonchev–Trinajstić information content (AvgIpc) is 2.86. The van der Waals surface area contributed by atoms with Crippen molar-refractivity contribution in [3.05, 3.63) is 42.0 Å². The van der Waals surface area contributed by atoms with E-state index in [-0.39, 0.29) is 0 Å². The lowest BCUT2D eigenvalue weighted by Gasteiger charge is -2.05. The van der Waals surface area contributed by atoms with Gasteiger partial charge >= 0.3 is 0 Å². The molecule has 0 N–H and O–H groups in total. The van der Waals surface area contributed by atoms with Gasteiger partial charge in [0.25, 0.3) is 0 Å². The topological polar surface area (TPSA) is 60.7 Å². The summed E-state index contributed by atoms with van der Waals surface area (Å²) in [5.74, 6) is 0.633. The molecule has 20 heavy (non-hydrogen) atoms. The third-order valence-corrected chi connectivity index (χ3v) is 3.31. The van der Waals surface area contributed by atoms with Crippen LogP contribution < -0.4 is 0 Å². The van der Waals surface area contributed by atoms with Crippen LogP contribution in [0.2, 0.25) is 0 Å². The van der Waals surface area contributed by atoms with Gasteiger partial charge in [-0.25, -0.2) is 9.97 Å². The van der Waals surface area contributed by atoms with Crippen LogP contribution in [0.15, 0.2) is 30.7 Å². The lowest BCUT2D eigenvalue weighted by molar-refractivity contribution is 0.112. The fraction of sp³-hybridized carbons (Fsp3) is 0.200. The number of hydrogen-bond acceptors (Lipinski definition) is 4. The molecule has 0 bridgehead atoms. The van der Waals surface area contributed by atoms with Gasteiger partial charge in [0.15, 0.2) is 12.1 Å². The molecule has 0 atom stereocenters. The summed E-state index contributed by atoms with van der Waals surface area (Å²) in [5.41, 5.74) is 3.11. The molecule has 100 valence electrons. The number of aryl methyl sites for hydroxylation is 2. The largest absolute Gasteiger partial charge is 0.332 e. The molecule has 0 aliphatic rings. The molecular formula is C15H14N4O. The van der Waals surface area contributed by atoms with Crippen molar-refractivity contribution in [2.75, 3.05) is 0 Å². The van der Waals surface area contributed by atoms with Crippen molar-refractivity contribution >= 4 is 17.3 Å². The number of nitrogens with zero attached hydrogens (tertiary/aromatic N) is 4. The minimum absolute atomic E-state index is 0.633. The molecule has 0 aromatic carbocycles. The third kappa shape index (κ3) is 1.87. The lowest BCUT2D eigenvalue weighted by atomic mass is 10.2. The highest BCUT2D eigenvalue weighted by Crippen LogP contribution is 2.24. The van der Waals surface area contributed by atoms with Gasteiger partial charge < -0.3 is 4.57 Å². The van der Waals surface area contributed by atoms with Crippen LogP contribution in [0.3, 0.4) is 0 Å². The second-order valence-electron chi connectivity index (χ2n) is 4.56. The van der Waals surface area contributed by atoms with Gasteiger partial charge in [0.2, 0.25) is 0 Å². The van der Waals surface area contributed by atoms with Crippen molar-refractivity contribution in [2.24, 2.45) is 0 Å². The number of carbonyl (C=O) groups excluding carboxylic acids is 1. The Balaban J connectivity index is 2.31. The Kier molecular flexibility index (Phi) is 3.02. The van der Waals surface area contributed by atoms with Gasteiger partial charge in [0.05, 0.1) is 11.1 Å². The van der Waals surface area contributed by atoms with Crippen molar-refractivity contribution in [1.82, 2.24) is 19.5 Å². The number of rotatable bonds is 3. The van der Waals surface area contributed by atoms with Gasteiger partial charge in [-0.1, -0.05) is 0 Å². The monoisotopic (exact) mass is 266 g/mol. The number of carbonyl (C=O) groups is 1. The molecule has 3 heterocycles. The lowest BCUT2D eigenvalue weighted by Crippen LogP contribution is -1.98. The standard InChI is InChI=1S/C15H14N4O/c1-3-19-8-12(9-20)13-10(2)17-14(18-15(13)19)11-5-4-6-16-7-11/h4-9H,3H2,1-2H3. The Labute approximate surface area is 116 Å². The molecule has 5 nitrogen and oxygen atoms in total. The first-order chi connectivity index (χ1) is 9.74. The maximum Gasteiger partial charge on any atom is 0.163 e. The summed E-state index contributed by atoms with van der Waals surface area (Å²) in [5, 5.41) is 0.828. The van der Waals surface area contributed by atoms with Gasteiger partial charge in [0, 0.05) is 36.3 Å². The highest BCUT2D eigenvalue weighted by atomic mass is 16.1. The zero-order valence-electron chi connectivity index (χ0n) is 11.4. The molecule has 0 amide bonds. The van der Waals surface area contributed by atoms with E-state index in [2.05, 4.69) is 15.0 Å². The molecule has 0 saturated carbocycles. The van der Waals surface area contributed by atoms with Crippen molar-refractivity contribution in [3.8, 4) is 11.4 Å². The van der Waals surface area contributed by atoms with E-state index in [1.165, 1.54) is 0 Å². The Morgan fingerprint density at radius 3 is 2.85 bits per heavy atom. The quantitative estimate of drug-likeness (QED) is 0.684. The van der Waals surface area contributed by atoms with Crippen LogP contribution in [0, 0.1) is 6.92 Å². The van der Waals surface area contributed by atoms with E-state index >= 15 is 0 Å². The van der Waals surface area contributed by atoms with E-state index in [1.54, 1.807) is 12.4 Å². The second-order valence-corrected chi connectivity index (χ2v) is 4.56. The summed E-state index contributed by atoms with van der Waals surface area (Å²) in [6, 6.07) is 3.78. The maximum atomic E-state index is 11.2. The molecule has 0 fully saturated rings. The molecule has 0 radical (unpaired) electrons. The predicted molar refractivity (Wildman–Crippen MR) is 76.6 cm³/mol. The van der Waals surface area contributed by atoms with Gasteiger partial charge in [-0.2, -0.15) is 0 Å². The Morgan fingerprint density at radius 1 is 1.35 bits per heavy atom. The Morgan fingerprint density at radius 2 is 2.20 bits per heavy atom. The summed E-state index contributed by atoms with van der Waals surface area (Å²) in [6.45, 7) is 4.68. The van der Waals surface area contributed by atoms with Crippen LogP contribution >= 0.6 is 0 Å². The zero-order chi connectivity index (χ0) is 14.1. The highest BCUT2D eigenvalue weighted by molar-refractivity contribution is 5.97. The number of pyridine rings is 1. The van der Waals surface area contributed by atoms with Crippen LogP contribution in [0.25, 0.3) is 22.4 Å². The smallest absolute Gasteiger partial charge is 0.163 e. The van der Waals surface area contributed by atoms with Crippen LogP contribution in [-0.4, -0.2) is 25.8 Å². The first kappa shape index (κ1) is 12.5. The molecule has 0 saturated heterocycles. The maximum absolute atomic E-state index is 11.2. The van der Waals surface area contributed by atoms with Gasteiger partial charge in [0.1, 0.15) is 5.65 Å². The fourth-order valence-corrected chi connectivity index (χ4v) is 2.35. The number of hydrogen-bond donors (Lipinski definition) is 0. The molecule has 5 heteroatoms. The van der Waals surface area contributed by atoms with E-state index in [0.29, 0.717) is 11.4 Å². The molecule has 0 aliphatic carbocycles. The van der Waals surface area contributed by atoms with Crippen molar-refractivity contribution in [3.63, 3.8) is 0 Å². The summed E-state index contributed by atoms with van der Waals surface area (Å²) < 4.78 is 1.97. The minimum atomic E-state index is 0.633. The van der Waals surface area contributed by atoms with E-state index < -0.39 is 0 Å². The normalized spacial score (nSPS) is 10.9. The molecule has 3 rings (SSSR count). The van der Waals surface area contributed by atoms with Gasteiger partial charge in [-0.05, 0) is 26.0 Å². The summed E-state index contributed by atoms with van der Waals surface area (Å²) in [6.07, 6.45) is 6.13. The Hall–Kier alpha value is -2.56. The zero-order valence-corrected chi connectivity index (χ0v) is 11.4. The van der Waals surface area contributed by atoms with Crippen molar-refractivity contribution < 1.29 is 4.79 Å². The summed E-state index contributed by atoms with van der Waals surface area (Å²) >= 11 is 0. The summed E-state index contributed by atoms with van der Waals surface area (Å²) in [4.78, 5) is 24.4. The van der Waals surface area contributed by atoms with E-state index in [1.807, 2.05) is 36.7 Å².